The molecule has 0 radical (unpaired) electrons. The maximum absolute atomic E-state index is 13.1. The molecule has 7 nitrogen and oxygen atoms in total. The van der Waals surface area contributed by atoms with Gasteiger partial charge in [0.2, 0.25) is 0 Å². The average Bonchev–Trinajstić information content (AvgIpc) is 2.69. The monoisotopic (exact) mass is 430 g/mol. The molecule has 1 aromatic heterocycles. The van der Waals surface area contributed by atoms with Crippen molar-refractivity contribution >= 4 is 34.7 Å². The molecule has 2 amide bonds. The lowest BCUT2D eigenvalue weighted by Crippen LogP contribution is -2.21. The van der Waals surface area contributed by atoms with Crippen LogP contribution in [0.15, 0.2) is 54.6 Å². The van der Waals surface area contributed by atoms with Crippen molar-refractivity contribution in [1.82, 2.24) is 9.97 Å². The van der Waals surface area contributed by atoms with Crippen molar-refractivity contribution in [3.05, 3.63) is 66.0 Å². The minimum Gasteiger partial charge on any atom is -0.370 e. The molecule has 0 bridgehead atoms. The largest absolute Gasteiger partial charge is 0.418 e. The van der Waals surface area contributed by atoms with Crippen LogP contribution in [-0.2, 0) is 6.18 Å². The standard InChI is InChI=1S/C21H21F3N6O/c1-3-25-18-12-19(27-13(2)26-18)28-14-8-10-15(11-9-14)29-20(31)30-17-7-5-4-6-16(17)21(22,23)24/h4-12H,3H2,1-2H3,(H2,29,30,31)(H2,25,26,27,28). The smallest absolute Gasteiger partial charge is 0.370 e. The first-order valence-corrected chi connectivity index (χ1v) is 9.45. The van der Waals surface area contributed by atoms with Crippen LogP contribution in [0.5, 0.6) is 0 Å². The number of aryl methyl sites for hydroxylation is 1. The Morgan fingerprint density at radius 1 is 0.935 bits per heavy atom. The highest BCUT2D eigenvalue weighted by Crippen LogP contribution is 2.34. The van der Waals surface area contributed by atoms with Gasteiger partial charge in [0.1, 0.15) is 17.5 Å². The summed E-state index contributed by atoms with van der Waals surface area (Å²) in [5, 5.41) is 11.0. The zero-order valence-corrected chi connectivity index (χ0v) is 16.8. The van der Waals surface area contributed by atoms with E-state index in [1.54, 1.807) is 37.3 Å². The minimum absolute atomic E-state index is 0.318. The molecule has 0 aliphatic rings. The van der Waals surface area contributed by atoms with Gasteiger partial charge in [-0.15, -0.1) is 0 Å². The Bertz CT molecular complexity index is 1050. The Kier molecular flexibility index (Phi) is 6.58. The number of rotatable bonds is 6. The number of hydrogen-bond donors (Lipinski definition) is 4. The van der Waals surface area contributed by atoms with Crippen LogP contribution in [-0.4, -0.2) is 22.5 Å². The van der Waals surface area contributed by atoms with Gasteiger partial charge in [0.05, 0.1) is 11.3 Å². The number of anilines is 5. The molecule has 0 aliphatic heterocycles. The lowest BCUT2D eigenvalue weighted by Gasteiger charge is -2.14. The molecule has 31 heavy (non-hydrogen) atoms. The van der Waals surface area contributed by atoms with Crippen molar-refractivity contribution in [2.45, 2.75) is 20.0 Å². The summed E-state index contributed by atoms with van der Waals surface area (Å²) in [6, 6.07) is 12.4. The van der Waals surface area contributed by atoms with E-state index in [2.05, 4.69) is 31.2 Å². The number of nitrogens with zero attached hydrogens (tertiary/aromatic N) is 2. The van der Waals surface area contributed by atoms with Crippen molar-refractivity contribution < 1.29 is 18.0 Å². The molecule has 0 fully saturated rings. The highest BCUT2D eigenvalue weighted by atomic mass is 19.4. The van der Waals surface area contributed by atoms with E-state index >= 15 is 0 Å². The van der Waals surface area contributed by atoms with E-state index in [1.165, 1.54) is 18.2 Å². The molecule has 0 aliphatic carbocycles. The van der Waals surface area contributed by atoms with E-state index in [0.717, 1.165) is 12.6 Å². The van der Waals surface area contributed by atoms with Crippen molar-refractivity contribution in [2.24, 2.45) is 0 Å². The molecule has 3 aromatic rings. The van der Waals surface area contributed by atoms with Gasteiger partial charge >= 0.3 is 12.2 Å². The molecule has 4 N–H and O–H groups in total. The van der Waals surface area contributed by atoms with Gasteiger partial charge in [-0.1, -0.05) is 12.1 Å². The predicted octanol–water partition coefficient (Wildman–Crippen LogP) is 5.62. The van der Waals surface area contributed by atoms with Gasteiger partial charge in [0.25, 0.3) is 0 Å². The Hall–Kier alpha value is -3.82. The molecule has 1 heterocycles. The van der Waals surface area contributed by atoms with Crippen LogP contribution in [0, 0.1) is 6.92 Å². The van der Waals surface area contributed by atoms with E-state index in [0.29, 0.717) is 28.8 Å². The molecule has 0 atom stereocenters. The predicted molar refractivity (Wildman–Crippen MR) is 115 cm³/mol. The van der Waals surface area contributed by atoms with Gasteiger partial charge in [0, 0.05) is 24.0 Å². The van der Waals surface area contributed by atoms with E-state index in [9.17, 15) is 18.0 Å². The number of urea groups is 1. The number of para-hydroxylation sites is 1. The molecule has 0 spiro atoms. The average molecular weight is 430 g/mol. The zero-order chi connectivity index (χ0) is 22.4. The van der Waals surface area contributed by atoms with Crippen molar-refractivity contribution in [1.29, 1.82) is 0 Å². The first kappa shape index (κ1) is 21.9. The summed E-state index contributed by atoms with van der Waals surface area (Å²) < 4.78 is 39.2. The molecule has 0 saturated carbocycles. The second-order valence-corrected chi connectivity index (χ2v) is 6.54. The van der Waals surface area contributed by atoms with Crippen LogP contribution in [0.2, 0.25) is 0 Å². The van der Waals surface area contributed by atoms with Crippen molar-refractivity contribution in [3.63, 3.8) is 0 Å². The summed E-state index contributed by atoms with van der Waals surface area (Å²) in [4.78, 5) is 20.7. The molecule has 3 rings (SSSR count). The Morgan fingerprint density at radius 2 is 1.58 bits per heavy atom. The molecule has 10 heteroatoms. The van der Waals surface area contributed by atoms with Gasteiger partial charge in [-0.25, -0.2) is 14.8 Å². The van der Waals surface area contributed by atoms with Gasteiger partial charge < -0.3 is 21.3 Å². The molecule has 0 unspecified atom stereocenters. The third-order valence-electron chi connectivity index (χ3n) is 4.09. The van der Waals surface area contributed by atoms with Crippen molar-refractivity contribution in [2.75, 3.05) is 27.8 Å². The van der Waals surface area contributed by atoms with E-state index in [-0.39, 0.29) is 5.69 Å². The summed E-state index contributed by atoms with van der Waals surface area (Å²) in [6.45, 7) is 4.48. The van der Waals surface area contributed by atoms with Crippen molar-refractivity contribution in [3.8, 4) is 0 Å². The molecule has 2 aromatic carbocycles. The molecular formula is C21H21F3N6O. The first-order chi connectivity index (χ1) is 14.7. The maximum Gasteiger partial charge on any atom is 0.418 e. The van der Waals surface area contributed by atoms with Crippen LogP contribution >= 0.6 is 0 Å². The molecule has 0 saturated heterocycles. The number of alkyl halides is 3. The second-order valence-electron chi connectivity index (χ2n) is 6.54. The maximum atomic E-state index is 13.1. The quantitative estimate of drug-likeness (QED) is 0.407. The lowest BCUT2D eigenvalue weighted by molar-refractivity contribution is -0.136. The summed E-state index contributed by atoms with van der Waals surface area (Å²) in [7, 11) is 0. The summed E-state index contributed by atoms with van der Waals surface area (Å²) in [6.07, 6.45) is -4.57. The highest BCUT2D eigenvalue weighted by Gasteiger charge is 2.33. The van der Waals surface area contributed by atoms with Crippen LogP contribution in [0.4, 0.5) is 46.7 Å². The number of amides is 2. The second kappa shape index (κ2) is 9.33. The number of nitrogens with one attached hydrogen (secondary N) is 4. The van der Waals surface area contributed by atoms with E-state index in [4.69, 9.17) is 0 Å². The van der Waals surface area contributed by atoms with Crippen LogP contribution in [0.25, 0.3) is 0 Å². The summed E-state index contributed by atoms with van der Waals surface area (Å²) >= 11 is 0. The lowest BCUT2D eigenvalue weighted by atomic mass is 10.1. The number of benzene rings is 2. The SMILES string of the molecule is CCNc1cc(Nc2ccc(NC(=O)Nc3ccccc3C(F)(F)F)cc2)nc(C)n1. The van der Waals surface area contributed by atoms with Crippen LogP contribution in [0.1, 0.15) is 18.3 Å². The van der Waals surface area contributed by atoms with Crippen LogP contribution in [0.3, 0.4) is 0 Å². The topological polar surface area (TPSA) is 91.0 Å². The highest BCUT2D eigenvalue weighted by molar-refractivity contribution is 6.00. The van der Waals surface area contributed by atoms with Gasteiger partial charge in [0.15, 0.2) is 0 Å². The van der Waals surface area contributed by atoms with Gasteiger partial charge in [-0.3, -0.25) is 0 Å². The third kappa shape index (κ3) is 6.08. The normalized spacial score (nSPS) is 11.0. The Balaban J connectivity index is 1.64. The fourth-order valence-corrected chi connectivity index (χ4v) is 2.81. The first-order valence-electron chi connectivity index (χ1n) is 9.45. The van der Waals surface area contributed by atoms with E-state index in [1.807, 2.05) is 6.92 Å². The molecule has 162 valence electrons. The zero-order valence-electron chi connectivity index (χ0n) is 16.8. The fraction of sp³-hybridized carbons (Fsp3) is 0.190. The molecular weight excluding hydrogens is 409 g/mol. The Labute approximate surface area is 177 Å². The Morgan fingerprint density at radius 3 is 2.26 bits per heavy atom. The van der Waals surface area contributed by atoms with Gasteiger partial charge in [-0.2, -0.15) is 13.2 Å². The van der Waals surface area contributed by atoms with Crippen LogP contribution < -0.4 is 21.3 Å². The number of carbonyl (C=O) groups is 1. The third-order valence-corrected chi connectivity index (χ3v) is 4.09. The van der Waals surface area contributed by atoms with Gasteiger partial charge in [-0.05, 0) is 50.2 Å². The number of hydrogen-bond acceptors (Lipinski definition) is 5. The summed E-state index contributed by atoms with van der Waals surface area (Å²) in [5.74, 6) is 1.91. The fourth-order valence-electron chi connectivity index (χ4n) is 2.81. The van der Waals surface area contributed by atoms with E-state index < -0.39 is 17.8 Å². The number of carbonyl (C=O) groups excluding carboxylic acids is 1. The summed E-state index contributed by atoms with van der Waals surface area (Å²) in [5.41, 5.74) is -0.100. The minimum atomic E-state index is -4.57. The number of halogens is 3. The number of aromatic nitrogens is 2.